The minimum Gasteiger partial charge on any atom is -0.497 e. The first-order valence-corrected chi connectivity index (χ1v) is 7.18. The van der Waals surface area contributed by atoms with Crippen LogP contribution in [0.3, 0.4) is 0 Å². The van der Waals surface area contributed by atoms with E-state index in [2.05, 4.69) is 4.74 Å². The van der Waals surface area contributed by atoms with Crippen molar-refractivity contribution in [2.45, 2.75) is 32.0 Å². The van der Waals surface area contributed by atoms with E-state index in [0.29, 0.717) is 5.75 Å². The Morgan fingerprint density at radius 3 is 2.26 bits per heavy atom. The molecule has 0 unspecified atom stereocenters. The van der Waals surface area contributed by atoms with E-state index in [-0.39, 0.29) is 19.4 Å². The van der Waals surface area contributed by atoms with Gasteiger partial charge < -0.3 is 24.8 Å². The molecule has 1 aromatic carbocycles. The number of hydrogen-bond donors (Lipinski definition) is 3. The lowest BCUT2D eigenvalue weighted by molar-refractivity contribution is -0.149. The number of methoxy groups -OCH3 is 1. The molecule has 0 bridgehead atoms. The summed E-state index contributed by atoms with van der Waals surface area (Å²) >= 11 is 0. The average Bonchev–Trinajstić information content (AvgIpc) is 2.50. The molecule has 7 heteroatoms. The Morgan fingerprint density at radius 2 is 1.78 bits per heavy atom. The van der Waals surface area contributed by atoms with E-state index in [4.69, 9.17) is 4.74 Å². The fourth-order valence-corrected chi connectivity index (χ4v) is 2.13. The van der Waals surface area contributed by atoms with Crippen molar-refractivity contribution in [2.24, 2.45) is 5.92 Å². The Bertz CT molecular complexity index is 512. The van der Waals surface area contributed by atoms with Crippen LogP contribution in [0.5, 0.6) is 5.75 Å². The molecule has 7 nitrogen and oxygen atoms in total. The summed E-state index contributed by atoms with van der Waals surface area (Å²) in [5, 5.41) is 29.0. The normalized spacial score (nSPS) is 14.6. The van der Waals surface area contributed by atoms with Gasteiger partial charge in [-0.15, -0.1) is 0 Å². The molecule has 1 rings (SSSR count). The molecule has 0 radical (unpaired) electrons. The summed E-state index contributed by atoms with van der Waals surface area (Å²) in [7, 11) is 1.53. The smallest absolute Gasteiger partial charge is 0.309 e. The molecule has 0 aliphatic carbocycles. The summed E-state index contributed by atoms with van der Waals surface area (Å²) in [5.41, 5.74) is 0.728. The third-order valence-electron chi connectivity index (χ3n) is 3.39. The number of aliphatic hydroxyl groups is 2. The number of carboxylic acid groups (broad SMARTS) is 1. The number of hydrogen-bond acceptors (Lipinski definition) is 6. The molecular weight excluding hydrogens is 304 g/mol. The van der Waals surface area contributed by atoms with E-state index >= 15 is 0 Å². The van der Waals surface area contributed by atoms with Crippen LogP contribution in [0.15, 0.2) is 24.3 Å². The first-order valence-electron chi connectivity index (χ1n) is 7.18. The molecule has 0 saturated carbocycles. The topological polar surface area (TPSA) is 113 Å². The van der Waals surface area contributed by atoms with Crippen molar-refractivity contribution >= 4 is 11.9 Å². The van der Waals surface area contributed by atoms with Gasteiger partial charge in [-0.2, -0.15) is 0 Å². The molecule has 1 aromatic rings. The standard InChI is InChI=1S/C16H22O7/c1-10(17)23-9-12(18)8-15(19)14(16(20)21)7-11-3-5-13(22-2)6-4-11/h3-6,12,14-15,18-19H,7-9H2,1-2H3,(H,20,21)/t12-,14+,15+/m0/s1. The zero-order valence-corrected chi connectivity index (χ0v) is 13.1. The minimum atomic E-state index is -1.26. The van der Waals surface area contributed by atoms with Gasteiger partial charge in [0.15, 0.2) is 0 Å². The van der Waals surface area contributed by atoms with Crippen molar-refractivity contribution in [3.8, 4) is 5.75 Å². The molecule has 23 heavy (non-hydrogen) atoms. The Labute approximate surface area is 134 Å². The Kier molecular flexibility index (Phi) is 7.50. The van der Waals surface area contributed by atoms with Crippen molar-refractivity contribution in [1.29, 1.82) is 0 Å². The largest absolute Gasteiger partial charge is 0.497 e. The SMILES string of the molecule is COc1ccc(C[C@@H](C(=O)O)[C@H](O)C[C@H](O)COC(C)=O)cc1. The van der Waals surface area contributed by atoms with Gasteiger partial charge in [0.2, 0.25) is 0 Å². The molecule has 3 N–H and O–H groups in total. The number of carbonyl (C=O) groups is 2. The van der Waals surface area contributed by atoms with Gasteiger partial charge in [0.25, 0.3) is 0 Å². The number of ether oxygens (including phenoxy) is 2. The van der Waals surface area contributed by atoms with Crippen LogP contribution < -0.4 is 4.74 Å². The molecule has 0 aliphatic heterocycles. The predicted octanol–water partition coefficient (Wildman–Crippen LogP) is 0.613. The maximum absolute atomic E-state index is 11.4. The molecule has 0 amide bonds. The van der Waals surface area contributed by atoms with Crippen LogP contribution in [0.4, 0.5) is 0 Å². The summed E-state index contributed by atoms with van der Waals surface area (Å²) in [6.07, 6.45) is -2.46. The highest BCUT2D eigenvalue weighted by atomic mass is 16.5. The molecule has 128 valence electrons. The number of benzene rings is 1. The number of carboxylic acids is 1. The number of aliphatic carboxylic acids is 1. The van der Waals surface area contributed by atoms with Gasteiger partial charge in [-0.1, -0.05) is 12.1 Å². The second kappa shape index (κ2) is 9.12. The number of rotatable bonds is 9. The van der Waals surface area contributed by atoms with E-state index in [1.807, 2.05) is 0 Å². The highest BCUT2D eigenvalue weighted by molar-refractivity contribution is 5.71. The Balaban J connectivity index is 2.65. The van der Waals surface area contributed by atoms with Crippen LogP contribution in [-0.4, -0.2) is 53.2 Å². The van der Waals surface area contributed by atoms with Crippen LogP contribution in [-0.2, 0) is 20.7 Å². The van der Waals surface area contributed by atoms with Gasteiger partial charge in [-0.05, 0) is 24.1 Å². The fourth-order valence-electron chi connectivity index (χ4n) is 2.13. The fraction of sp³-hybridized carbons (Fsp3) is 0.500. The monoisotopic (exact) mass is 326 g/mol. The quantitative estimate of drug-likeness (QED) is 0.570. The summed E-state index contributed by atoms with van der Waals surface area (Å²) in [5.74, 6) is -2.13. The summed E-state index contributed by atoms with van der Waals surface area (Å²) in [6, 6.07) is 6.85. The predicted molar refractivity (Wildman–Crippen MR) is 81.1 cm³/mol. The molecule has 0 saturated heterocycles. The summed E-state index contributed by atoms with van der Waals surface area (Å²) < 4.78 is 9.65. The minimum absolute atomic E-state index is 0.112. The molecular formula is C16H22O7. The van der Waals surface area contributed by atoms with E-state index in [1.54, 1.807) is 24.3 Å². The van der Waals surface area contributed by atoms with Crippen LogP contribution in [0.2, 0.25) is 0 Å². The van der Waals surface area contributed by atoms with Gasteiger partial charge in [0, 0.05) is 13.3 Å². The zero-order valence-electron chi connectivity index (χ0n) is 13.1. The van der Waals surface area contributed by atoms with Crippen molar-refractivity contribution in [2.75, 3.05) is 13.7 Å². The van der Waals surface area contributed by atoms with E-state index in [9.17, 15) is 24.9 Å². The van der Waals surface area contributed by atoms with E-state index in [0.717, 1.165) is 5.56 Å². The zero-order chi connectivity index (χ0) is 17.4. The van der Waals surface area contributed by atoms with Crippen molar-refractivity contribution in [3.05, 3.63) is 29.8 Å². The summed E-state index contributed by atoms with van der Waals surface area (Å²) in [6.45, 7) is 0.925. The lowest BCUT2D eigenvalue weighted by Gasteiger charge is -2.21. The van der Waals surface area contributed by atoms with Crippen LogP contribution in [0.1, 0.15) is 18.9 Å². The number of esters is 1. The van der Waals surface area contributed by atoms with Crippen LogP contribution in [0, 0.1) is 5.92 Å². The third kappa shape index (κ3) is 6.66. The number of aliphatic hydroxyl groups excluding tert-OH is 2. The van der Waals surface area contributed by atoms with Gasteiger partial charge in [0.1, 0.15) is 12.4 Å². The number of carbonyl (C=O) groups excluding carboxylic acids is 1. The van der Waals surface area contributed by atoms with Crippen molar-refractivity contribution < 1.29 is 34.4 Å². The van der Waals surface area contributed by atoms with Gasteiger partial charge in [-0.25, -0.2) is 0 Å². The Morgan fingerprint density at radius 1 is 1.17 bits per heavy atom. The second-order valence-corrected chi connectivity index (χ2v) is 5.26. The van der Waals surface area contributed by atoms with Crippen LogP contribution in [0.25, 0.3) is 0 Å². The van der Waals surface area contributed by atoms with Crippen molar-refractivity contribution in [1.82, 2.24) is 0 Å². The maximum atomic E-state index is 11.4. The van der Waals surface area contributed by atoms with E-state index < -0.39 is 30.1 Å². The highest BCUT2D eigenvalue weighted by Gasteiger charge is 2.29. The van der Waals surface area contributed by atoms with Gasteiger partial charge in [-0.3, -0.25) is 9.59 Å². The average molecular weight is 326 g/mol. The van der Waals surface area contributed by atoms with E-state index in [1.165, 1.54) is 14.0 Å². The lowest BCUT2D eigenvalue weighted by Crippen LogP contribution is -2.34. The Hall–Kier alpha value is -2.12. The molecule has 0 fully saturated rings. The van der Waals surface area contributed by atoms with Gasteiger partial charge >= 0.3 is 11.9 Å². The molecule has 0 spiro atoms. The first-order chi connectivity index (χ1) is 10.8. The molecule has 3 atom stereocenters. The molecule has 0 aromatic heterocycles. The second-order valence-electron chi connectivity index (χ2n) is 5.26. The lowest BCUT2D eigenvalue weighted by atomic mass is 9.91. The molecule has 0 heterocycles. The summed E-state index contributed by atoms with van der Waals surface area (Å²) in [4.78, 5) is 22.0. The third-order valence-corrected chi connectivity index (χ3v) is 3.39. The van der Waals surface area contributed by atoms with Gasteiger partial charge in [0.05, 0.1) is 25.2 Å². The van der Waals surface area contributed by atoms with Crippen LogP contribution >= 0.6 is 0 Å². The maximum Gasteiger partial charge on any atom is 0.309 e. The highest BCUT2D eigenvalue weighted by Crippen LogP contribution is 2.19. The van der Waals surface area contributed by atoms with Crippen molar-refractivity contribution in [3.63, 3.8) is 0 Å². The first kappa shape index (κ1) is 18.9. The molecule has 0 aliphatic rings.